The number of benzene rings is 8. The third-order valence-corrected chi connectivity index (χ3v) is 14.2. The fourth-order valence-corrected chi connectivity index (χ4v) is 11.6. The molecular formula is C56H36O6S. The van der Waals surface area contributed by atoms with Crippen LogP contribution in [-0.2, 0) is 10.8 Å². The van der Waals surface area contributed by atoms with Crippen LogP contribution in [0.5, 0.6) is 11.5 Å². The first-order valence-electron chi connectivity index (χ1n) is 20.6. The van der Waals surface area contributed by atoms with Crippen LogP contribution >= 0.6 is 11.3 Å². The highest BCUT2D eigenvalue weighted by Gasteiger charge is 2.47. The number of hydrogen-bond acceptors (Lipinski definition) is 5. The fraction of sp³-hybridized carbons (Fsp3) is 0.0357. The van der Waals surface area contributed by atoms with Crippen molar-refractivity contribution in [3.05, 3.63) is 248 Å². The molecule has 0 amide bonds. The lowest BCUT2D eigenvalue weighted by molar-refractivity contribution is 0.0694. The molecule has 0 radical (unpaired) electrons. The second-order valence-electron chi connectivity index (χ2n) is 16.1. The summed E-state index contributed by atoms with van der Waals surface area (Å²) < 4.78 is 0. The number of carboxylic acids is 2. The lowest BCUT2D eigenvalue weighted by Gasteiger charge is -2.34. The normalized spacial score (nSPS) is 13.7. The summed E-state index contributed by atoms with van der Waals surface area (Å²) in [6.07, 6.45) is 0. The molecule has 4 N–H and O–H groups in total. The zero-order chi connectivity index (χ0) is 43.0. The number of rotatable bonds is 8. The Labute approximate surface area is 366 Å². The summed E-state index contributed by atoms with van der Waals surface area (Å²) in [6, 6.07) is 63.4. The highest BCUT2D eigenvalue weighted by molar-refractivity contribution is 7.17. The first-order chi connectivity index (χ1) is 30.7. The van der Waals surface area contributed by atoms with E-state index >= 15 is 0 Å². The third-order valence-electron chi connectivity index (χ3n) is 13.0. The lowest BCUT2D eigenvalue weighted by Crippen LogP contribution is -2.28. The summed E-state index contributed by atoms with van der Waals surface area (Å²) in [5, 5.41) is 42.1. The molecule has 7 heteroatoms. The van der Waals surface area contributed by atoms with Crippen molar-refractivity contribution in [2.75, 3.05) is 0 Å². The average Bonchev–Trinajstić information content (AvgIpc) is 3.97. The molecule has 2 aliphatic rings. The molecule has 302 valence electrons. The maximum Gasteiger partial charge on any atom is 0.346 e. The van der Waals surface area contributed by atoms with E-state index in [2.05, 4.69) is 48.5 Å². The number of fused-ring (bicyclic) bond motifs is 6. The average molecular weight is 837 g/mol. The third kappa shape index (κ3) is 5.43. The minimum absolute atomic E-state index is 0.0664. The van der Waals surface area contributed by atoms with Gasteiger partial charge in [0.1, 0.15) is 21.3 Å². The van der Waals surface area contributed by atoms with Crippen LogP contribution in [0.2, 0.25) is 0 Å². The number of carbonyl (C=O) groups is 2. The largest absolute Gasteiger partial charge is 0.508 e. The molecule has 0 saturated carbocycles. The smallest absolute Gasteiger partial charge is 0.346 e. The van der Waals surface area contributed by atoms with Crippen molar-refractivity contribution in [1.82, 2.24) is 0 Å². The zero-order valence-corrected chi connectivity index (χ0v) is 34.3. The molecule has 0 atom stereocenters. The van der Waals surface area contributed by atoms with Gasteiger partial charge in [-0.3, -0.25) is 0 Å². The Morgan fingerprint density at radius 3 is 0.873 bits per heavy atom. The Balaban J connectivity index is 1.09. The van der Waals surface area contributed by atoms with Crippen molar-refractivity contribution in [3.63, 3.8) is 0 Å². The van der Waals surface area contributed by atoms with Crippen molar-refractivity contribution in [2.45, 2.75) is 10.8 Å². The highest BCUT2D eigenvalue weighted by Crippen LogP contribution is 2.58. The van der Waals surface area contributed by atoms with Crippen LogP contribution < -0.4 is 0 Å². The van der Waals surface area contributed by atoms with Gasteiger partial charge in [-0.15, -0.1) is 11.3 Å². The van der Waals surface area contributed by atoms with Gasteiger partial charge in [0.25, 0.3) is 0 Å². The number of thiophene rings is 1. The molecule has 0 fully saturated rings. The van der Waals surface area contributed by atoms with E-state index in [0.717, 1.165) is 78.1 Å². The van der Waals surface area contributed by atoms with Crippen molar-refractivity contribution >= 4 is 23.3 Å². The van der Waals surface area contributed by atoms with Crippen molar-refractivity contribution in [3.8, 4) is 56.0 Å². The summed E-state index contributed by atoms with van der Waals surface area (Å²) in [5.74, 6) is -2.11. The van der Waals surface area contributed by atoms with Gasteiger partial charge >= 0.3 is 11.9 Å². The Kier molecular flexibility index (Phi) is 8.61. The van der Waals surface area contributed by atoms with Gasteiger partial charge < -0.3 is 20.4 Å². The number of aromatic carboxylic acids is 2. The molecule has 63 heavy (non-hydrogen) atoms. The van der Waals surface area contributed by atoms with E-state index < -0.39 is 22.8 Å². The minimum atomic E-state index is -1.21. The molecule has 1 heterocycles. The first kappa shape index (κ1) is 38.0. The summed E-state index contributed by atoms with van der Waals surface area (Å²) in [6.45, 7) is 0. The second-order valence-corrected chi connectivity index (χ2v) is 17.1. The van der Waals surface area contributed by atoms with Gasteiger partial charge in [-0.2, -0.15) is 0 Å². The molecule has 2 aliphatic carbocycles. The van der Waals surface area contributed by atoms with Gasteiger partial charge in [0.2, 0.25) is 0 Å². The summed E-state index contributed by atoms with van der Waals surface area (Å²) in [7, 11) is 0. The van der Waals surface area contributed by atoms with E-state index in [4.69, 9.17) is 0 Å². The van der Waals surface area contributed by atoms with Crippen LogP contribution in [0.4, 0.5) is 0 Å². The van der Waals surface area contributed by atoms with Crippen molar-refractivity contribution in [2.24, 2.45) is 0 Å². The van der Waals surface area contributed by atoms with Crippen LogP contribution in [0.15, 0.2) is 194 Å². The number of aromatic hydroxyl groups is 2. The predicted octanol–water partition coefficient (Wildman–Crippen LogP) is 12.6. The van der Waals surface area contributed by atoms with E-state index in [1.807, 2.05) is 121 Å². The number of phenols is 2. The first-order valence-corrected chi connectivity index (χ1v) is 21.4. The van der Waals surface area contributed by atoms with Crippen molar-refractivity contribution in [1.29, 1.82) is 0 Å². The molecule has 11 rings (SSSR count). The summed E-state index contributed by atoms with van der Waals surface area (Å²) in [5.41, 5.74) is 12.8. The molecular weight excluding hydrogens is 801 g/mol. The summed E-state index contributed by atoms with van der Waals surface area (Å²) in [4.78, 5) is 26.1. The van der Waals surface area contributed by atoms with Crippen LogP contribution in [0.1, 0.15) is 63.9 Å². The van der Waals surface area contributed by atoms with Gasteiger partial charge in [-0.1, -0.05) is 170 Å². The van der Waals surface area contributed by atoms with Gasteiger partial charge in [0.05, 0.1) is 10.8 Å². The van der Waals surface area contributed by atoms with Crippen LogP contribution in [0, 0.1) is 0 Å². The van der Waals surface area contributed by atoms with Crippen molar-refractivity contribution < 1.29 is 30.0 Å². The molecule has 1 aromatic heterocycles. The molecule has 8 aromatic carbocycles. The highest BCUT2D eigenvalue weighted by atomic mass is 32.1. The van der Waals surface area contributed by atoms with Crippen LogP contribution in [0.25, 0.3) is 44.5 Å². The molecule has 0 spiro atoms. The maximum atomic E-state index is 13.1. The van der Waals surface area contributed by atoms with E-state index in [1.54, 1.807) is 24.3 Å². The molecule has 6 nitrogen and oxygen atoms in total. The molecule has 0 unspecified atom stereocenters. The van der Waals surface area contributed by atoms with E-state index in [1.165, 1.54) is 0 Å². The monoisotopic (exact) mass is 836 g/mol. The second kappa shape index (κ2) is 14.3. The lowest BCUT2D eigenvalue weighted by atomic mass is 9.67. The molecule has 0 saturated heterocycles. The van der Waals surface area contributed by atoms with E-state index in [0.29, 0.717) is 22.3 Å². The minimum Gasteiger partial charge on any atom is -0.508 e. The maximum absolute atomic E-state index is 13.1. The Hall–Kier alpha value is -8.00. The van der Waals surface area contributed by atoms with Crippen LogP contribution in [-0.4, -0.2) is 32.4 Å². The number of hydrogen-bond donors (Lipinski definition) is 4. The van der Waals surface area contributed by atoms with Crippen LogP contribution in [0.3, 0.4) is 0 Å². The Morgan fingerprint density at radius 1 is 0.349 bits per heavy atom. The SMILES string of the molecule is O=C(O)c1sc(C(=O)O)c(-c2ccc(C3(c4ccc(O)cc4)c4ccccc4-c4ccccc43)cc2)c1-c1ccc(C2(c3ccc(O)cc3)c3ccccc3-c3ccccc32)cc1. The molecule has 9 aromatic rings. The predicted molar refractivity (Wildman–Crippen MR) is 247 cm³/mol. The number of phenolic OH excluding ortho intramolecular Hbond substituents is 2. The van der Waals surface area contributed by atoms with Gasteiger partial charge in [-0.25, -0.2) is 9.59 Å². The fourth-order valence-electron chi connectivity index (χ4n) is 10.5. The van der Waals surface area contributed by atoms with Gasteiger partial charge in [0, 0.05) is 11.1 Å². The quantitative estimate of drug-likeness (QED) is 0.121. The summed E-state index contributed by atoms with van der Waals surface area (Å²) >= 11 is 0.762. The van der Waals surface area contributed by atoms with E-state index in [-0.39, 0.29) is 21.3 Å². The molecule has 0 aliphatic heterocycles. The standard InChI is InChI=1S/C56H36O6S/c57-39-29-25-37(26-30-39)55(45-13-5-1-9-41(45)42-10-2-6-14-46(42)55)35-21-17-33(18-22-35)49-50(52(54(61)62)63-51(49)53(59)60)34-19-23-36(24-20-34)56(38-27-31-40(58)32-28-38)47-15-7-3-11-43(47)44-12-4-8-16-48(44)56/h1-32,57-58H,(H,59,60)(H,61,62). The van der Waals surface area contributed by atoms with Gasteiger partial charge in [0.15, 0.2) is 0 Å². The van der Waals surface area contributed by atoms with E-state index in [9.17, 15) is 30.0 Å². The molecule has 0 bridgehead atoms. The Morgan fingerprint density at radius 2 is 0.603 bits per heavy atom. The Bertz CT molecular complexity index is 2980. The topological polar surface area (TPSA) is 115 Å². The zero-order valence-electron chi connectivity index (χ0n) is 33.5. The van der Waals surface area contributed by atoms with Gasteiger partial charge in [-0.05, 0) is 102 Å². The number of carboxylic acid groups (broad SMARTS) is 2.